The van der Waals surface area contributed by atoms with Crippen LogP contribution in [-0.2, 0) is 13.5 Å². The molecule has 34 heavy (non-hydrogen) atoms. The van der Waals surface area contributed by atoms with E-state index in [-0.39, 0.29) is 12.6 Å². The maximum Gasteiger partial charge on any atom is 0.227 e. The first-order valence-electron chi connectivity index (χ1n) is 11.9. The van der Waals surface area contributed by atoms with E-state index in [9.17, 15) is 5.11 Å². The zero-order valence-corrected chi connectivity index (χ0v) is 21.1. The van der Waals surface area contributed by atoms with Gasteiger partial charge in [-0.25, -0.2) is 9.97 Å². The fraction of sp³-hybridized carbons (Fsp3) is 0.542. The number of hydrogen-bond acceptors (Lipinski definition) is 9. The number of hydrogen-bond donors (Lipinski definition) is 2. The largest absolute Gasteiger partial charge is 0.494 e. The number of piperazine rings is 1. The number of rotatable bonds is 7. The van der Waals surface area contributed by atoms with E-state index in [0.29, 0.717) is 5.92 Å². The van der Waals surface area contributed by atoms with Crippen LogP contribution in [0.3, 0.4) is 0 Å². The summed E-state index contributed by atoms with van der Waals surface area (Å²) in [6, 6.07) is 6.00. The SMILES string of the molecule is COc1cccc2c1nc(N1CCN(c3nc4c(c(NC(CO)C(C)C)n3)SCC4)CC1)n2C. The van der Waals surface area contributed by atoms with E-state index in [1.165, 1.54) is 0 Å². The Kier molecular flexibility index (Phi) is 6.44. The number of aryl methyl sites for hydroxylation is 2. The van der Waals surface area contributed by atoms with Crippen LogP contribution in [-0.4, -0.2) is 76.3 Å². The molecule has 0 bridgehead atoms. The minimum atomic E-state index is -0.0283. The van der Waals surface area contributed by atoms with Crippen LogP contribution in [0, 0.1) is 5.92 Å². The minimum absolute atomic E-state index is 0.0283. The maximum absolute atomic E-state index is 9.83. The number of nitrogens with zero attached hydrogens (tertiary/aromatic N) is 6. The second-order valence-electron chi connectivity index (χ2n) is 9.20. The molecule has 0 aliphatic carbocycles. The molecule has 3 aromatic rings. The molecule has 10 heteroatoms. The number of aliphatic hydroxyl groups excluding tert-OH is 1. The third-order valence-corrected chi connectivity index (χ3v) is 7.87. The van der Waals surface area contributed by atoms with Gasteiger partial charge >= 0.3 is 0 Å². The average Bonchev–Trinajstić information content (AvgIpc) is 3.47. The Bertz CT molecular complexity index is 1170. The number of para-hydroxylation sites is 1. The smallest absolute Gasteiger partial charge is 0.227 e. The van der Waals surface area contributed by atoms with E-state index in [2.05, 4.69) is 46.6 Å². The van der Waals surface area contributed by atoms with Crippen LogP contribution in [0.1, 0.15) is 19.5 Å². The van der Waals surface area contributed by atoms with Crippen molar-refractivity contribution < 1.29 is 9.84 Å². The van der Waals surface area contributed by atoms with E-state index < -0.39 is 0 Å². The van der Waals surface area contributed by atoms with Crippen molar-refractivity contribution in [1.29, 1.82) is 0 Å². The number of thioether (sulfide) groups is 1. The molecule has 1 saturated heterocycles. The summed E-state index contributed by atoms with van der Waals surface area (Å²) in [5.74, 6) is 4.72. The third kappa shape index (κ3) is 4.13. The molecule has 0 spiro atoms. The van der Waals surface area contributed by atoms with E-state index in [4.69, 9.17) is 19.7 Å². The Labute approximate surface area is 204 Å². The molecule has 2 aliphatic heterocycles. The van der Waals surface area contributed by atoms with Gasteiger partial charge in [0.1, 0.15) is 17.1 Å². The summed E-state index contributed by atoms with van der Waals surface area (Å²) >= 11 is 1.80. The molecular formula is C24H33N7O2S. The van der Waals surface area contributed by atoms with Crippen molar-refractivity contribution in [1.82, 2.24) is 19.5 Å². The molecule has 9 nitrogen and oxygen atoms in total. The van der Waals surface area contributed by atoms with E-state index in [0.717, 1.165) is 83.4 Å². The summed E-state index contributed by atoms with van der Waals surface area (Å²) in [6.07, 6.45) is 0.956. The van der Waals surface area contributed by atoms with Gasteiger partial charge in [-0.1, -0.05) is 19.9 Å². The number of imidazole rings is 1. The molecule has 2 N–H and O–H groups in total. The Morgan fingerprint density at radius 3 is 2.59 bits per heavy atom. The molecule has 0 saturated carbocycles. The van der Waals surface area contributed by atoms with Crippen molar-refractivity contribution in [3.05, 3.63) is 23.9 Å². The van der Waals surface area contributed by atoms with Gasteiger partial charge in [0.05, 0.1) is 35.9 Å². The molecule has 0 amide bonds. The maximum atomic E-state index is 9.83. The zero-order chi connectivity index (χ0) is 23.8. The molecule has 1 atom stereocenters. The normalized spacial score (nSPS) is 16.9. The van der Waals surface area contributed by atoms with Crippen molar-refractivity contribution in [2.75, 3.05) is 60.8 Å². The first-order chi connectivity index (χ1) is 16.5. The second-order valence-corrected chi connectivity index (χ2v) is 10.3. The monoisotopic (exact) mass is 483 g/mol. The standard InChI is InChI=1S/C24H33N7O2S/c1-15(2)17(14-32)25-22-21-16(8-13-34-21)26-23(28-22)30-9-11-31(12-10-30)24-27-20-18(29(24)3)6-5-7-19(20)33-4/h5-7,15,17,32H,8-14H2,1-4H3,(H,25,26,28). The summed E-state index contributed by atoms with van der Waals surface area (Å²) < 4.78 is 7.65. The van der Waals surface area contributed by atoms with E-state index >= 15 is 0 Å². The molecule has 0 radical (unpaired) electrons. The highest BCUT2D eigenvalue weighted by molar-refractivity contribution is 7.99. The van der Waals surface area contributed by atoms with Gasteiger partial charge in [-0.05, 0) is 18.1 Å². The number of ether oxygens (including phenoxy) is 1. The molecular weight excluding hydrogens is 450 g/mol. The van der Waals surface area contributed by atoms with Crippen LogP contribution in [0.25, 0.3) is 11.0 Å². The molecule has 5 rings (SSSR count). The summed E-state index contributed by atoms with van der Waals surface area (Å²) in [4.78, 5) is 20.5. The van der Waals surface area contributed by atoms with Crippen molar-refractivity contribution in [3.63, 3.8) is 0 Å². The second kappa shape index (κ2) is 9.50. The Morgan fingerprint density at radius 1 is 1.12 bits per heavy atom. The molecule has 1 fully saturated rings. The Morgan fingerprint density at radius 2 is 1.88 bits per heavy atom. The highest BCUT2D eigenvalue weighted by Gasteiger charge is 2.27. The molecule has 4 heterocycles. The lowest BCUT2D eigenvalue weighted by Crippen LogP contribution is -2.48. The van der Waals surface area contributed by atoms with Crippen LogP contribution in [0.4, 0.5) is 17.7 Å². The summed E-state index contributed by atoms with van der Waals surface area (Å²) in [6.45, 7) is 7.61. The van der Waals surface area contributed by atoms with E-state index in [1.54, 1.807) is 18.9 Å². The molecule has 182 valence electrons. The van der Waals surface area contributed by atoms with Gasteiger partial charge in [0, 0.05) is 45.4 Å². The van der Waals surface area contributed by atoms with Crippen LogP contribution < -0.4 is 19.9 Å². The lowest BCUT2D eigenvalue weighted by Gasteiger charge is -2.35. The minimum Gasteiger partial charge on any atom is -0.494 e. The zero-order valence-electron chi connectivity index (χ0n) is 20.3. The Balaban J connectivity index is 1.36. The van der Waals surface area contributed by atoms with Gasteiger partial charge in [0.2, 0.25) is 11.9 Å². The van der Waals surface area contributed by atoms with Gasteiger partial charge in [-0.3, -0.25) is 0 Å². The van der Waals surface area contributed by atoms with Gasteiger partial charge in [-0.2, -0.15) is 4.98 Å². The van der Waals surface area contributed by atoms with Gasteiger partial charge in [0.15, 0.2) is 0 Å². The summed E-state index contributed by atoms with van der Waals surface area (Å²) in [7, 11) is 3.74. The number of anilines is 3. The van der Waals surface area contributed by atoms with Crippen LogP contribution >= 0.6 is 11.8 Å². The highest BCUT2D eigenvalue weighted by Crippen LogP contribution is 2.37. The number of aliphatic hydroxyl groups is 1. The van der Waals surface area contributed by atoms with Gasteiger partial charge < -0.3 is 29.5 Å². The fourth-order valence-corrected chi connectivity index (χ4v) is 5.68. The predicted octanol–water partition coefficient (Wildman–Crippen LogP) is 2.78. The number of nitrogens with one attached hydrogen (secondary N) is 1. The number of methoxy groups -OCH3 is 1. The van der Waals surface area contributed by atoms with Crippen LogP contribution in [0.5, 0.6) is 5.75 Å². The highest BCUT2D eigenvalue weighted by atomic mass is 32.2. The molecule has 2 aliphatic rings. The quantitative estimate of drug-likeness (QED) is 0.526. The van der Waals surface area contributed by atoms with Crippen molar-refractivity contribution in [2.45, 2.75) is 31.2 Å². The number of aromatic nitrogens is 4. The summed E-state index contributed by atoms with van der Waals surface area (Å²) in [5.41, 5.74) is 3.07. The van der Waals surface area contributed by atoms with Crippen LogP contribution in [0.15, 0.2) is 23.1 Å². The third-order valence-electron chi connectivity index (χ3n) is 6.75. The fourth-order valence-electron chi connectivity index (χ4n) is 4.62. The molecule has 1 unspecified atom stereocenters. The Hall–Kier alpha value is -2.72. The lowest BCUT2D eigenvalue weighted by atomic mass is 10.1. The first-order valence-corrected chi connectivity index (χ1v) is 12.9. The molecule has 1 aromatic carbocycles. The number of benzene rings is 1. The van der Waals surface area contributed by atoms with Gasteiger partial charge in [0.25, 0.3) is 0 Å². The van der Waals surface area contributed by atoms with Crippen molar-refractivity contribution in [3.8, 4) is 5.75 Å². The lowest BCUT2D eigenvalue weighted by molar-refractivity contribution is 0.249. The van der Waals surface area contributed by atoms with Crippen molar-refractivity contribution in [2.24, 2.45) is 13.0 Å². The van der Waals surface area contributed by atoms with E-state index in [1.807, 2.05) is 12.1 Å². The average molecular weight is 484 g/mol. The number of fused-ring (bicyclic) bond motifs is 2. The van der Waals surface area contributed by atoms with Crippen molar-refractivity contribution >= 4 is 40.5 Å². The summed E-state index contributed by atoms with van der Waals surface area (Å²) in [5, 5.41) is 13.3. The molecule has 2 aromatic heterocycles. The predicted molar refractivity (Wildman–Crippen MR) is 137 cm³/mol. The topological polar surface area (TPSA) is 91.6 Å². The van der Waals surface area contributed by atoms with Crippen LogP contribution in [0.2, 0.25) is 0 Å². The first kappa shape index (κ1) is 23.0. The van der Waals surface area contributed by atoms with Gasteiger partial charge in [-0.15, -0.1) is 11.8 Å².